The molecule has 4 aromatic rings. The van der Waals surface area contributed by atoms with E-state index in [2.05, 4.69) is 4.98 Å². The quantitative estimate of drug-likeness (QED) is 0.344. The van der Waals surface area contributed by atoms with E-state index < -0.39 is 0 Å². The molecule has 1 aliphatic heterocycles. The number of nitrogens with zero attached hydrogens (tertiary/aromatic N) is 3. The van der Waals surface area contributed by atoms with Gasteiger partial charge >= 0.3 is 0 Å². The second kappa shape index (κ2) is 9.06. The number of nitrogens with one attached hydrogen (secondary N) is 1. The number of likely N-dealkylation sites (tertiary alicyclic amines) is 1. The lowest BCUT2D eigenvalue weighted by atomic mass is 10.1. The van der Waals surface area contributed by atoms with Gasteiger partial charge < -0.3 is 9.88 Å². The van der Waals surface area contributed by atoms with Crippen molar-refractivity contribution < 1.29 is 4.79 Å². The van der Waals surface area contributed by atoms with Crippen LogP contribution in [0.3, 0.4) is 0 Å². The lowest BCUT2D eigenvalue weighted by Crippen LogP contribution is -2.33. The van der Waals surface area contributed by atoms with E-state index in [1.165, 1.54) is 24.6 Å². The molecular formula is C26H28N4O2S. The second-order valence-corrected chi connectivity index (χ2v) is 9.75. The van der Waals surface area contributed by atoms with E-state index in [0.717, 1.165) is 53.6 Å². The molecule has 7 heteroatoms. The number of rotatable bonds is 4. The Bertz CT molecular complexity index is 1400. The van der Waals surface area contributed by atoms with E-state index in [1.807, 2.05) is 61.2 Å². The molecule has 3 heterocycles. The average Bonchev–Trinajstić information content (AvgIpc) is 2.98. The van der Waals surface area contributed by atoms with Crippen LogP contribution in [-0.2, 0) is 4.79 Å². The zero-order valence-corrected chi connectivity index (χ0v) is 19.9. The van der Waals surface area contributed by atoms with Crippen LogP contribution in [0.15, 0.2) is 52.4 Å². The second-order valence-electron chi connectivity index (χ2n) is 8.80. The maximum atomic E-state index is 13.8. The summed E-state index contributed by atoms with van der Waals surface area (Å²) < 4.78 is 1.67. The molecule has 33 heavy (non-hydrogen) atoms. The van der Waals surface area contributed by atoms with Crippen LogP contribution >= 0.6 is 11.8 Å². The first-order valence-electron chi connectivity index (χ1n) is 11.5. The highest BCUT2D eigenvalue weighted by molar-refractivity contribution is 7.99. The molecule has 1 N–H and O–H groups in total. The Hall–Kier alpha value is -3.06. The molecule has 5 rings (SSSR count). The van der Waals surface area contributed by atoms with Crippen LogP contribution in [0.2, 0.25) is 0 Å². The summed E-state index contributed by atoms with van der Waals surface area (Å²) in [6.45, 7) is 5.64. The fourth-order valence-electron chi connectivity index (χ4n) is 4.55. The number of para-hydroxylation sites is 1. The van der Waals surface area contributed by atoms with E-state index >= 15 is 0 Å². The van der Waals surface area contributed by atoms with Crippen LogP contribution < -0.4 is 5.56 Å². The predicted octanol–water partition coefficient (Wildman–Crippen LogP) is 4.98. The number of hydrogen-bond donors (Lipinski definition) is 1. The summed E-state index contributed by atoms with van der Waals surface area (Å²) in [6, 6.07) is 13.9. The third kappa shape index (κ3) is 4.17. The monoisotopic (exact) mass is 460 g/mol. The summed E-state index contributed by atoms with van der Waals surface area (Å²) in [5.41, 5.74) is 4.73. The molecule has 2 aromatic heterocycles. The van der Waals surface area contributed by atoms with E-state index in [-0.39, 0.29) is 17.2 Å². The van der Waals surface area contributed by atoms with Gasteiger partial charge in [-0.15, -0.1) is 0 Å². The Kier molecular flexibility index (Phi) is 5.98. The zero-order chi connectivity index (χ0) is 22.9. The number of carbonyl (C=O) groups excluding carboxylic acids is 1. The lowest BCUT2D eigenvalue weighted by Gasteiger charge is -2.20. The van der Waals surface area contributed by atoms with Crippen molar-refractivity contribution in [3.8, 4) is 5.69 Å². The predicted molar refractivity (Wildman–Crippen MR) is 134 cm³/mol. The summed E-state index contributed by atoms with van der Waals surface area (Å²) >= 11 is 1.35. The van der Waals surface area contributed by atoms with E-state index in [0.29, 0.717) is 16.2 Å². The van der Waals surface area contributed by atoms with Gasteiger partial charge in [-0.05, 0) is 49.9 Å². The van der Waals surface area contributed by atoms with Gasteiger partial charge in [0.25, 0.3) is 5.56 Å². The van der Waals surface area contributed by atoms with Crippen LogP contribution in [0.1, 0.15) is 36.8 Å². The number of fused-ring (bicyclic) bond motifs is 3. The first-order chi connectivity index (χ1) is 16.0. The van der Waals surface area contributed by atoms with Gasteiger partial charge in [-0.2, -0.15) is 0 Å². The fourth-order valence-corrected chi connectivity index (χ4v) is 5.45. The lowest BCUT2D eigenvalue weighted by molar-refractivity contribution is -0.128. The SMILES string of the molecule is Cc1ccc(C)c(-n2c(SCC(=O)N3CCCCCC3)nc3c([nH]c4ccccc43)c2=O)c1. The maximum absolute atomic E-state index is 13.8. The number of benzene rings is 2. The first kappa shape index (κ1) is 21.8. The highest BCUT2D eigenvalue weighted by Crippen LogP contribution is 2.28. The number of carbonyl (C=O) groups is 1. The van der Waals surface area contributed by atoms with Gasteiger partial charge in [0.15, 0.2) is 5.16 Å². The highest BCUT2D eigenvalue weighted by Gasteiger charge is 2.21. The standard InChI is InChI=1S/C26H28N4O2S/c1-17-11-12-18(2)21(15-17)30-25(32)24-23(19-9-5-6-10-20(19)27-24)28-26(30)33-16-22(31)29-13-7-3-4-8-14-29/h5-6,9-12,15,27H,3-4,7-8,13-14,16H2,1-2H3. The Balaban J connectivity index is 1.62. The molecule has 170 valence electrons. The van der Waals surface area contributed by atoms with E-state index in [4.69, 9.17) is 4.98 Å². The average molecular weight is 461 g/mol. The van der Waals surface area contributed by atoms with Crippen LogP contribution in [0.5, 0.6) is 0 Å². The van der Waals surface area contributed by atoms with Gasteiger partial charge in [0.05, 0.1) is 11.4 Å². The Morgan fingerprint density at radius 2 is 1.82 bits per heavy atom. The summed E-state index contributed by atoms with van der Waals surface area (Å²) in [5.74, 6) is 0.383. The van der Waals surface area contributed by atoms with Gasteiger partial charge in [-0.3, -0.25) is 14.2 Å². The van der Waals surface area contributed by atoms with Crippen LogP contribution in [0, 0.1) is 13.8 Å². The molecule has 0 bridgehead atoms. The van der Waals surface area contributed by atoms with Gasteiger partial charge in [0.2, 0.25) is 5.91 Å². The third-order valence-corrected chi connectivity index (χ3v) is 7.31. The molecule has 0 aliphatic carbocycles. The van der Waals surface area contributed by atoms with Crippen LogP contribution in [-0.4, -0.2) is 44.2 Å². The van der Waals surface area contributed by atoms with Gasteiger partial charge in [0.1, 0.15) is 11.0 Å². The summed E-state index contributed by atoms with van der Waals surface area (Å²) in [6.07, 6.45) is 4.48. The molecule has 0 spiro atoms. The van der Waals surface area contributed by atoms with Crippen molar-refractivity contribution in [2.45, 2.75) is 44.7 Å². The van der Waals surface area contributed by atoms with Crippen molar-refractivity contribution in [2.24, 2.45) is 0 Å². The Labute approximate surface area is 197 Å². The molecule has 6 nitrogen and oxygen atoms in total. The fraction of sp³-hybridized carbons (Fsp3) is 0.346. The number of hydrogen-bond acceptors (Lipinski definition) is 4. The van der Waals surface area contributed by atoms with Crippen molar-refractivity contribution in [3.05, 3.63) is 63.9 Å². The van der Waals surface area contributed by atoms with Crippen molar-refractivity contribution in [3.63, 3.8) is 0 Å². The Morgan fingerprint density at radius 1 is 1.06 bits per heavy atom. The molecule has 1 aliphatic rings. The molecule has 1 saturated heterocycles. The zero-order valence-electron chi connectivity index (χ0n) is 19.1. The first-order valence-corrected chi connectivity index (χ1v) is 12.5. The number of aromatic nitrogens is 3. The minimum Gasteiger partial charge on any atom is -0.349 e. The normalized spacial score (nSPS) is 14.7. The Morgan fingerprint density at radius 3 is 2.61 bits per heavy atom. The highest BCUT2D eigenvalue weighted by atomic mass is 32.2. The smallest absolute Gasteiger partial charge is 0.283 e. The molecule has 2 aromatic carbocycles. The van der Waals surface area contributed by atoms with Gasteiger partial charge in [-0.25, -0.2) is 4.98 Å². The summed E-state index contributed by atoms with van der Waals surface area (Å²) in [4.78, 5) is 36.9. The van der Waals surface area contributed by atoms with Crippen molar-refractivity contribution in [1.29, 1.82) is 0 Å². The maximum Gasteiger partial charge on any atom is 0.283 e. The van der Waals surface area contributed by atoms with Crippen molar-refractivity contribution in [2.75, 3.05) is 18.8 Å². The third-order valence-electron chi connectivity index (χ3n) is 6.38. The van der Waals surface area contributed by atoms with Gasteiger partial charge in [0, 0.05) is 24.0 Å². The van der Waals surface area contributed by atoms with Crippen molar-refractivity contribution >= 4 is 39.6 Å². The van der Waals surface area contributed by atoms with E-state index in [9.17, 15) is 9.59 Å². The van der Waals surface area contributed by atoms with Crippen LogP contribution in [0.25, 0.3) is 27.6 Å². The molecule has 0 saturated carbocycles. The van der Waals surface area contributed by atoms with Crippen molar-refractivity contribution in [1.82, 2.24) is 19.4 Å². The largest absolute Gasteiger partial charge is 0.349 e. The number of aromatic amines is 1. The molecule has 0 atom stereocenters. The molecule has 0 unspecified atom stereocenters. The molecular weight excluding hydrogens is 432 g/mol. The summed E-state index contributed by atoms with van der Waals surface area (Å²) in [7, 11) is 0. The van der Waals surface area contributed by atoms with E-state index in [1.54, 1.807) is 4.57 Å². The number of H-pyrrole nitrogens is 1. The van der Waals surface area contributed by atoms with Gasteiger partial charge in [-0.1, -0.05) is 54.9 Å². The topological polar surface area (TPSA) is 71.0 Å². The molecule has 0 radical (unpaired) electrons. The number of amides is 1. The van der Waals surface area contributed by atoms with Crippen LogP contribution in [0.4, 0.5) is 0 Å². The molecule has 1 amide bonds. The minimum absolute atomic E-state index is 0.114. The summed E-state index contributed by atoms with van der Waals surface area (Å²) in [5, 5.41) is 1.47. The minimum atomic E-state index is -0.144. The molecule has 1 fully saturated rings. The number of aryl methyl sites for hydroxylation is 2. The number of thioether (sulfide) groups is 1.